The quantitative estimate of drug-likeness (QED) is 0.361. The van der Waals surface area contributed by atoms with Crippen LogP contribution in [0, 0.1) is 5.82 Å². The normalized spacial score (nSPS) is 11.6. The van der Waals surface area contributed by atoms with Gasteiger partial charge in [-0.25, -0.2) is 15.4 Å². The van der Waals surface area contributed by atoms with Crippen LogP contribution in [0.1, 0.15) is 5.56 Å². The minimum Gasteiger partial charge on any atom is -0.382 e. The van der Waals surface area contributed by atoms with Gasteiger partial charge < -0.3 is 5.73 Å². The Bertz CT molecular complexity index is 364. The smallest absolute Gasteiger partial charge is 0.153 e. The Kier molecular flexibility index (Phi) is 3.43. The molecule has 76 valence electrons. The highest BCUT2D eigenvalue weighted by molar-refractivity contribution is 9.10. The van der Waals surface area contributed by atoms with Gasteiger partial charge in [0.05, 0.1) is 0 Å². The summed E-state index contributed by atoms with van der Waals surface area (Å²) >= 11 is 3.23. The molecule has 0 aliphatic carbocycles. The molecule has 0 bridgehead atoms. The molecule has 0 aliphatic rings. The van der Waals surface area contributed by atoms with Crippen molar-refractivity contribution in [1.82, 2.24) is 5.12 Å². The molecule has 0 aliphatic heterocycles. The van der Waals surface area contributed by atoms with Gasteiger partial charge in [0.1, 0.15) is 5.82 Å². The second-order valence-corrected chi connectivity index (χ2v) is 3.54. The molecule has 4 nitrogen and oxygen atoms in total. The van der Waals surface area contributed by atoms with E-state index in [2.05, 4.69) is 21.0 Å². The first-order chi connectivity index (χ1) is 6.50. The minimum atomic E-state index is -0.374. The van der Waals surface area contributed by atoms with Gasteiger partial charge in [-0.1, -0.05) is 15.9 Å². The lowest BCUT2D eigenvalue weighted by atomic mass is 10.2. The number of rotatable bonds is 2. The summed E-state index contributed by atoms with van der Waals surface area (Å²) in [6.45, 7) is 0. The lowest BCUT2D eigenvalue weighted by Crippen LogP contribution is -2.25. The van der Waals surface area contributed by atoms with E-state index in [1.54, 1.807) is 6.07 Å². The minimum absolute atomic E-state index is 0.154. The molecule has 1 aromatic rings. The number of amidine groups is 1. The average molecular weight is 261 g/mol. The van der Waals surface area contributed by atoms with Gasteiger partial charge >= 0.3 is 0 Å². The largest absolute Gasteiger partial charge is 0.382 e. The number of nitrogens with two attached hydrogens (primary N) is 2. The third-order valence-electron chi connectivity index (χ3n) is 1.47. The maximum Gasteiger partial charge on any atom is 0.153 e. The topological polar surface area (TPSA) is 67.6 Å². The molecule has 0 radical (unpaired) electrons. The first kappa shape index (κ1) is 10.9. The fourth-order valence-corrected chi connectivity index (χ4v) is 1.37. The summed E-state index contributed by atoms with van der Waals surface area (Å²) < 4.78 is 13.5. The number of hydrogen-bond acceptors (Lipinski definition) is 3. The van der Waals surface area contributed by atoms with Gasteiger partial charge in [-0.15, -0.1) is 5.10 Å². The highest BCUT2D eigenvalue weighted by Crippen LogP contribution is 2.17. The van der Waals surface area contributed by atoms with Crippen molar-refractivity contribution in [3.05, 3.63) is 34.1 Å². The van der Waals surface area contributed by atoms with Crippen LogP contribution in [0.3, 0.4) is 0 Å². The monoisotopic (exact) mass is 260 g/mol. The van der Waals surface area contributed by atoms with E-state index in [9.17, 15) is 4.39 Å². The molecule has 0 atom stereocenters. The Morgan fingerprint density at radius 3 is 2.79 bits per heavy atom. The van der Waals surface area contributed by atoms with Crippen molar-refractivity contribution >= 4 is 21.8 Å². The molecular formula is C8H10BrFN4. The van der Waals surface area contributed by atoms with Gasteiger partial charge in [-0.2, -0.15) is 0 Å². The zero-order chi connectivity index (χ0) is 10.7. The highest BCUT2D eigenvalue weighted by atomic mass is 79.9. The van der Waals surface area contributed by atoms with E-state index in [1.165, 1.54) is 19.2 Å². The molecule has 0 fully saturated rings. The van der Waals surface area contributed by atoms with Crippen LogP contribution in [-0.2, 0) is 0 Å². The van der Waals surface area contributed by atoms with E-state index in [1.807, 2.05) is 0 Å². The molecule has 0 spiro atoms. The Morgan fingerprint density at radius 1 is 1.57 bits per heavy atom. The van der Waals surface area contributed by atoms with Crippen molar-refractivity contribution in [2.24, 2.45) is 16.7 Å². The molecular weight excluding hydrogens is 251 g/mol. The average Bonchev–Trinajstić information content (AvgIpc) is 2.08. The van der Waals surface area contributed by atoms with Crippen LogP contribution in [0.5, 0.6) is 0 Å². The van der Waals surface area contributed by atoms with E-state index >= 15 is 0 Å². The first-order valence-electron chi connectivity index (χ1n) is 3.78. The zero-order valence-corrected chi connectivity index (χ0v) is 9.12. The molecule has 6 heteroatoms. The molecule has 14 heavy (non-hydrogen) atoms. The molecule has 0 aromatic heterocycles. The van der Waals surface area contributed by atoms with Gasteiger partial charge in [-0.05, 0) is 18.2 Å². The first-order valence-corrected chi connectivity index (χ1v) is 4.58. The molecule has 0 amide bonds. The van der Waals surface area contributed by atoms with Gasteiger partial charge in [0.15, 0.2) is 5.84 Å². The van der Waals surface area contributed by atoms with E-state index in [0.717, 1.165) is 5.12 Å². The van der Waals surface area contributed by atoms with Crippen LogP contribution in [-0.4, -0.2) is 18.0 Å². The third-order valence-corrected chi connectivity index (χ3v) is 2.16. The fraction of sp³-hybridized carbons (Fsp3) is 0.125. The summed E-state index contributed by atoms with van der Waals surface area (Å²) in [6.07, 6.45) is 0. The highest BCUT2D eigenvalue weighted by Gasteiger charge is 2.06. The number of nitrogens with zero attached hydrogens (tertiary/aromatic N) is 2. The Labute approximate surface area is 89.5 Å². The van der Waals surface area contributed by atoms with Gasteiger partial charge in [-0.3, -0.25) is 0 Å². The van der Waals surface area contributed by atoms with Gasteiger partial charge in [0, 0.05) is 17.1 Å². The van der Waals surface area contributed by atoms with Gasteiger partial charge in [0.2, 0.25) is 0 Å². The summed E-state index contributed by atoms with van der Waals surface area (Å²) in [6, 6.07) is 4.17. The zero-order valence-electron chi connectivity index (χ0n) is 7.54. The summed E-state index contributed by atoms with van der Waals surface area (Å²) in [4.78, 5) is 0. The lowest BCUT2D eigenvalue weighted by Gasteiger charge is -2.08. The predicted molar refractivity (Wildman–Crippen MR) is 56.8 cm³/mol. The molecule has 0 saturated carbocycles. The van der Waals surface area contributed by atoms with Crippen molar-refractivity contribution in [3.63, 3.8) is 0 Å². The Hall–Kier alpha value is -1.14. The van der Waals surface area contributed by atoms with Crippen molar-refractivity contribution in [2.45, 2.75) is 0 Å². The van der Waals surface area contributed by atoms with Crippen LogP contribution >= 0.6 is 15.9 Å². The molecule has 1 rings (SSSR count). The van der Waals surface area contributed by atoms with Crippen LogP contribution in [0.2, 0.25) is 0 Å². The fourth-order valence-electron chi connectivity index (χ4n) is 0.918. The number of hydrazone groups is 1. The maximum atomic E-state index is 12.9. The predicted octanol–water partition coefficient (Wildman–Crippen LogP) is 1.01. The molecule has 0 saturated heterocycles. The van der Waals surface area contributed by atoms with Crippen LogP contribution in [0.25, 0.3) is 0 Å². The summed E-state index contributed by atoms with van der Waals surface area (Å²) in [5, 5.41) is 4.82. The summed E-state index contributed by atoms with van der Waals surface area (Å²) in [5.74, 6) is 5.06. The SMILES string of the molecule is CN(N)/N=C(\N)c1cc(F)ccc1Br. The molecule has 1 aromatic carbocycles. The Morgan fingerprint density at radius 2 is 2.21 bits per heavy atom. The summed E-state index contributed by atoms with van der Waals surface area (Å²) in [5.41, 5.74) is 6.07. The Balaban J connectivity index is 3.12. The lowest BCUT2D eigenvalue weighted by molar-refractivity contribution is 0.371. The molecule has 0 unspecified atom stereocenters. The number of hydrogen-bond donors (Lipinski definition) is 2. The number of hydrazine groups is 1. The van der Waals surface area contributed by atoms with Crippen LogP contribution in [0.15, 0.2) is 27.8 Å². The van der Waals surface area contributed by atoms with E-state index in [0.29, 0.717) is 10.0 Å². The maximum absolute atomic E-state index is 12.9. The van der Waals surface area contributed by atoms with E-state index < -0.39 is 0 Å². The second kappa shape index (κ2) is 4.39. The van der Waals surface area contributed by atoms with Gasteiger partial charge in [0.25, 0.3) is 0 Å². The molecule has 4 N–H and O–H groups in total. The standard InChI is InChI=1S/C8H10BrFN4/c1-14(12)13-8(11)6-4-5(10)2-3-7(6)9/h2-4H,12H2,1H3,(H2,11,13). The number of benzene rings is 1. The van der Waals surface area contributed by atoms with Crippen molar-refractivity contribution < 1.29 is 4.39 Å². The van der Waals surface area contributed by atoms with E-state index in [4.69, 9.17) is 11.6 Å². The molecule has 0 heterocycles. The van der Waals surface area contributed by atoms with Crippen molar-refractivity contribution in [2.75, 3.05) is 7.05 Å². The van der Waals surface area contributed by atoms with Crippen molar-refractivity contribution in [1.29, 1.82) is 0 Å². The summed E-state index contributed by atoms with van der Waals surface area (Å²) in [7, 11) is 1.53. The van der Waals surface area contributed by atoms with Crippen LogP contribution < -0.4 is 11.6 Å². The second-order valence-electron chi connectivity index (χ2n) is 2.68. The van der Waals surface area contributed by atoms with E-state index in [-0.39, 0.29) is 11.7 Å². The number of halogens is 2. The van der Waals surface area contributed by atoms with Crippen LogP contribution in [0.4, 0.5) is 4.39 Å². The van der Waals surface area contributed by atoms with Crippen molar-refractivity contribution in [3.8, 4) is 0 Å². The third kappa shape index (κ3) is 2.68.